The highest BCUT2D eigenvalue weighted by Crippen LogP contribution is 2.44. The van der Waals surface area contributed by atoms with Gasteiger partial charge in [0, 0.05) is 11.6 Å². The molecule has 4 rings (SSSR count). The Kier molecular flexibility index (Phi) is 3.61. The van der Waals surface area contributed by atoms with Crippen molar-refractivity contribution in [2.24, 2.45) is 11.8 Å². The fourth-order valence-corrected chi connectivity index (χ4v) is 3.91. The summed E-state index contributed by atoms with van der Waals surface area (Å²) < 4.78 is 6.14. The second-order valence-electron chi connectivity index (χ2n) is 6.67. The van der Waals surface area contributed by atoms with Crippen LogP contribution in [0.2, 0.25) is 5.02 Å². The van der Waals surface area contributed by atoms with E-state index in [1.54, 1.807) is 12.3 Å². The Morgan fingerprint density at radius 3 is 2.41 bits per heavy atom. The third kappa shape index (κ3) is 2.74. The van der Waals surface area contributed by atoms with Crippen LogP contribution in [0.5, 0.6) is 5.75 Å². The van der Waals surface area contributed by atoms with Crippen LogP contribution in [-0.4, -0.2) is 11.1 Å². The lowest BCUT2D eigenvalue weighted by molar-refractivity contribution is 0.125. The van der Waals surface area contributed by atoms with Crippen molar-refractivity contribution in [3.63, 3.8) is 0 Å². The van der Waals surface area contributed by atoms with Gasteiger partial charge >= 0.3 is 0 Å². The number of nitrogens with one attached hydrogen (secondary N) is 1. The molecule has 1 N–H and O–H groups in total. The topological polar surface area (TPSA) is 42.1 Å². The van der Waals surface area contributed by atoms with Crippen LogP contribution < -0.4 is 10.3 Å². The Morgan fingerprint density at radius 2 is 1.73 bits per heavy atom. The van der Waals surface area contributed by atoms with Crippen molar-refractivity contribution in [2.45, 2.75) is 44.6 Å². The van der Waals surface area contributed by atoms with Gasteiger partial charge in [-0.05, 0) is 73.9 Å². The fraction of sp³-hybridized carbons (Fsp3) is 0.500. The van der Waals surface area contributed by atoms with Gasteiger partial charge in [-0.15, -0.1) is 0 Å². The molecule has 0 aliphatic heterocycles. The van der Waals surface area contributed by atoms with E-state index in [2.05, 4.69) is 4.98 Å². The largest absolute Gasteiger partial charge is 0.489 e. The molecule has 22 heavy (non-hydrogen) atoms. The Balaban J connectivity index is 1.51. The zero-order valence-electron chi connectivity index (χ0n) is 12.5. The van der Waals surface area contributed by atoms with Gasteiger partial charge in [0.25, 0.3) is 5.56 Å². The van der Waals surface area contributed by atoms with Gasteiger partial charge < -0.3 is 9.72 Å². The Morgan fingerprint density at radius 1 is 1.05 bits per heavy atom. The van der Waals surface area contributed by atoms with Gasteiger partial charge in [-0.25, -0.2) is 0 Å². The fourth-order valence-electron chi connectivity index (χ4n) is 3.70. The zero-order valence-corrected chi connectivity index (χ0v) is 13.2. The maximum absolute atomic E-state index is 11.8. The average Bonchev–Trinajstić information content (AvgIpc) is 3.35. The number of aromatic nitrogens is 1. The minimum absolute atomic E-state index is 0.115. The monoisotopic (exact) mass is 317 g/mol. The van der Waals surface area contributed by atoms with E-state index in [4.69, 9.17) is 16.3 Å². The van der Waals surface area contributed by atoms with E-state index in [0.717, 1.165) is 30.1 Å². The van der Waals surface area contributed by atoms with Crippen LogP contribution in [0.1, 0.15) is 38.5 Å². The molecule has 2 saturated carbocycles. The zero-order chi connectivity index (χ0) is 15.1. The quantitative estimate of drug-likeness (QED) is 0.903. The predicted molar refractivity (Wildman–Crippen MR) is 88.7 cm³/mol. The maximum atomic E-state index is 11.8. The Labute approximate surface area is 134 Å². The molecule has 0 radical (unpaired) electrons. The molecule has 2 aliphatic rings. The number of aromatic amines is 1. The molecule has 0 bridgehead atoms. The third-order valence-electron chi connectivity index (χ3n) is 5.13. The molecule has 1 heterocycles. The van der Waals surface area contributed by atoms with E-state index < -0.39 is 0 Å². The summed E-state index contributed by atoms with van der Waals surface area (Å²) in [5.41, 5.74) is -0.115. The smallest absolute Gasteiger partial charge is 0.255 e. The van der Waals surface area contributed by atoms with Crippen LogP contribution >= 0.6 is 11.6 Å². The lowest BCUT2D eigenvalue weighted by Gasteiger charge is -2.29. The minimum atomic E-state index is -0.115. The van der Waals surface area contributed by atoms with Crippen molar-refractivity contribution in [3.8, 4) is 5.75 Å². The SMILES string of the molecule is O=c1[nH]ccc2cc(OC3CCC(C4CC4)CC3)c(Cl)cc12. The molecule has 2 aromatic rings. The van der Waals surface area contributed by atoms with E-state index in [1.807, 2.05) is 12.1 Å². The van der Waals surface area contributed by atoms with Gasteiger partial charge in [0.1, 0.15) is 5.75 Å². The molecule has 0 unspecified atom stereocenters. The molecule has 116 valence electrons. The van der Waals surface area contributed by atoms with Crippen LogP contribution in [0, 0.1) is 11.8 Å². The number of rotatable bonds is 3. The number of pyridine rings is 1. The molecule has 1 aromatic heterocycles. The van der Waals surface area contributed by atoms with E-state index in [1.165, 1.54) is 25.7 Å². The summed E-state index contributed by atoms with van der Waals surface area (Å²) in [6.45, 7) is 0. The summed E-state index contributed by atoms with van der Waals surface area (Å²) in [5, 5.41) is 2.00. The van der Waals surface area contributed by atoms with Gasteiger partial charge in [0.05, 0.1) is 11.1 Å². The van der Waals surface area contributed by atoms with Crippen molar-refractivity contribution in [1.82, 2.24) is 4.98 Å². The number of hydrogen-bond acceptors (Lipinski definition) is 2. The molecule has 0 amide bonds. The van der Waals surface area contributed by atoms with Gasteiger partial charge in [-0.1, -0.05) is 11.6 Å². The predicted octanol–water partition coefficient (Wildman–Crippen LogP) is 4.53. The van der Waals surface area contributed by atoms with Crippen molar-refractivity contribution in [1.29, 1.82) is 0 Å². The first-order chi connectivity index (χ1) is 10.7. The lowest BCUT2D eigenvalue weighted by atomic mass is 9.84. The first kappa shape index (κ1) is 14.1. The van der Waals surface area contributed by atoms with Crippen LogP contribution in [0.25, 0.3) is 10.8 Å². The summed E-state index contributed by atoms with van der Waals surface area (Å²) in [6, 6.07) is 5.48. The van der Waals surface area contributed by atoms with Crippen LogP contribution in [0.4, 0.5) is 0 Å². The third-order valence-corrected chi connectivity index (χ3v) is 5.42. The molecule has 0 saturated heterocycles. The highest BCUT2D eigenvalue weighted by Gasteiger charge is 2.34. The summed E-state index contributed by atoms with van der Waals surface area (Å²) >= 11 is 6.31. The van der Waals surface area contributed by atoms with Crippen molar-refractivity contribution >= 4 is 22.4 Å². The van der Waals surface area contributed by atoms with Crippen molar-refractivity contribution in [3.05, 3.63) is 39.8 Å². The molecular formula is C18H20ClNO2. The summed E-state index contributed by atoms with van der Waals surface area (Å²) in [6.07, 6.45) is 9.56. The molecule has 0 atom stereocenters. The highest BCUT2D eigenvalue weighted by molar-refractivity contribution is 6.32. The second kappa shape index (κ2) is 5.62. The average molecular weight is 318 g/mol. The number of ether oxygens (including phenoxy) is 1. The molecule has 2 aliphatic carbocycles. The molecule has 4 heteroatoms. The first-order valence-corrected chi connectivity index (χ1v) is 8.56. The Hall–Kier alpha value is -1.48. The maximum Gasteiger partial charge on any atom is 0.255 e. The summed E-state index contributed by atoms with van der Waals surface area (Å²) in [4.78, 5) is 14.5. The molecule has 1 aromatic carbocycles. The summed E-state index contributed by atoms with van der Waals surface area (Å²) in [7, 11) is 0. The van der Waals surface area contributed by atoms with Gasteiger partial charge in [-0.3, -0.25) is 4.79 Å². The molecule has 2 fully saturated rings. The Bertz CT molecular complexity index is 742. The summed E-state index contributed by atoms with van der Waals surface area (Å²) in [5.74, 6) is 2.62. The van der Waals surface area contributed by atoms with E-state index in [-0.39, 0.29) is 11.7 Å². The van der Waals surface area contributed by atoms with Crippen LogP contribution in [0.3, 0.4) is 0 Å². The lowest BCUT2D eigenvalue weighted by Crippen LogP contribution is -2.25. The highest BCUT2D eigenvalue weighted by atomic mass is 35.5. The molecular weight excluding hydrogens is 298 g/mol. The van der Waals surface area contributed by atoms with E-state index in [0.29, 0.717) is 16.2 Å². The second-order valence-corrected chi connectivity index (χ2v) is 7.08. The molecule has 3 nitrogen and oxygen atoms in total. The number of H-pyrrole nitrogens is 1. The number of hydrogen-bond donors (Lipinski definition) is 1. The van der Waals surface area contributed by atoms with Gasteiger partial charge in [0.2, 0.25) is 0 Å². The van der Waals surface area contributed by atoms with Gasteiger partial charge in [-0.2, -0.15) is 0 Å². The standard InChI is InChI=1S/C18H20ClNO2/c19-16-10-15-13(7-8-20-18(15)21)9-17(16)22-14-5-3-12(4-6-14)11-1-2-11/h7-12,14H,1-6H2,(H,20,21). The minimum Gasteiger partial charge on any atom is -0.489 e. The van der Waals surface area contributed by atoms with Crippen LogP contribution in [0.15, 0.2) is 29.2 Å². The van der Waals surface area contributed by atoms with Crippen LogP contribution in [-0.2, 0) is 0 Å². The van der Waals surface area contributed by atoms with E-state index >= 15 is 0 Å². The first-order valence-electron chi connectivity index (χ1n) is 8.18. The van der Waals surface area contributed by atoms with Gasteiger partial charge in [0.15, 0.2) is 0 Å². The van der Waals surface area contributed by atoms with E-state index in [9.17, 15) is 4.79 Å². The normalized spacial score (nSPS) is 25.3. The van der Waals surface area contributed by atoms with Crippen molar-refractivity contribution < 1.29 is 4.74 Å². The number of fused-ring (bicyclic) bond motifs is 1. The number of benzene rings is 1. The number of halogens is 1. The molecule has 0 spiro atoms. The van der Waals surface area contributed by atoms with Crippen molar-refractivity contribution in [2.75, 3.05) is 0 Å².